The van der Waals surface area contributed by atoms with Crippen LogP contribution >= 0.6 is 0 Å². The van der Waals surface area contributed by atoms with Crippen molar-refractivity contribution in [1.29, 1.82) is 5.26 Å². The predicted molar refractivity (Wildman–Crippen MR) is 172 cm³/mol. The number of hydrogen-bond donors (Lipinski definition) is 0. The molecule has 4 heteroatoms. The minimum absolute atomic E-state index is 0.625. The van der Waals surface area contributed by atoms with E-state index in [-0.39, 0.29) is 0 Å². The van der Waals surface area contributed by atoms with Crippen molar-refractivity contribution in [3.63, 3.8) is 0 Å². The molecule has 4 nitrogen and oxygen atoms in total. The summed E-state index contributed by atoms with van der Waals surface area (Å²) in [5.41, 5.74) is 10.4. The number of hydrogen-bond acceptors (Lipinski definition) is 2. The van der Waals surface area contributed by atoms with E-state index < -0.39 is 0 Å². The molecular formula is C38H23N3O. The Labute approximate surface area is 240 Å². The lowest BCUT2D eigenvalue weighted by Crippen LogP contribution is -1.95. The second kappa shape index (κ2) is 8.36. The van der Waals surface area contributed by atoms with Gasteiger partial charge in [-0.3, -0.25) is 0 Å². The number of fused-ring (bicyclic) bond motifs is 9. The molecule has 9 aromatic rings. The number of nitrogens with zero attached hydrogens (tertiary/aromatic N) is 3. The molecule has 6 aromatic carbocycles. The Balaban J connectivity index is 1.32. The minimum atomic E-state index is 0.625. The Morgan fingerprint density at radius 1 is 0.500 bits per heavy atom. The maximum Gasteiger partial charge on any atom is 0.135 e. The normalized spacial score (nSPS) is 11.9. The first-order valence-electron chi connectivity index (χ1n) is 14.1. The third-order valence-corrected chi connectivity index (χ3v) is 8.58. The summed E-state index contributed by atoms with van der Waals surface area (Å²) in [4.78, 5) is 0. The minimum Gasteiger partial charge on any atom is -0.456 e. The number of furan rings is 1. The number of nitriles is 1. The average molecular weight is 538 g/mol. The lowest BCUT2D eigenvalue weighted by molar-refractivity contribution is 0.669. The Kier molecular flexibility index (Phi) is 4.57. The highest BCUT2D eigenvalue weighted by atomic mass is 16.3. The van der Waals surface area contributed by atoms with Crippen LogP contribution in [0.4, 0.5) is 0 Å². The van der Waals surface area contributed by atoms with E-state index >= 15 is 0 Å². The Morgan fingerprint density at radius 2 is 1.02 bits per heavy atom. The van der Waals surface area contributed by atoms with Gasteiger partial charge in [-0.2, -0.15) is 5.26 Å². The molecule has 0 N–H and O–H groups in total. The standard InChI is InChI=1S/C38H23N3O/c1-23-10-14-35-29(18-23)27-6-2-4-8-33(27)40(35)25-12-15-36-30(20-25)28-7-3-5-9-34(28)41(36)26-13-17-38-32(21-26)31-19-24(22-39)11-16-37(31)42-38/h2-21H,1H3. The Hall–Kier alpha value is -5.79. The van der Waals surface area contributed by atoms with E-state index in [2.05, 4.69) is 119 Å². The molecule has 0 unspecified atom stereocenters. The second-order valence-corrected chi connectivity index (χ2v) is 11.0. The maximum absolute atomic E-state index is 9.48. The van der Waals surface area contributed by atoms with Gasteiger partial charge >= 0.3 is 0 Å². The average Bonchev–Trinajstić information content (AvgIpc) is 3.67. The summed E-state index contributed by atoms with van der Waals surface area (Å²) in [7, 11) is 0. The zero-order valence-electron chi connectivity index (χ0n) is 22.8. The molecule has 0 bridgehead atoms. The van der Waals surface area contributed by atoms with Gasteiger partial charge in [0.25, 0.3) is 0 Å². The highest BCUT2D eigenvalue weighted by Gasteiger charge is 2.17. The van der Waals surface area contributed by atoms with Crippen molar-refractivity contribution in [3.8, 4) is 17.4 Å². The number of aryl methyl sites for hydroxylation is 1. The molecule has 0 radical (unpaired) electrons. The first-order chi connectivity index (χ1) is 20.7. The Morgan fingerprint density at radius 3 is 1.71 bits per heavy atom. The third kappa shape index (κ3) is 3.11. The van der Waals surface area contributed by atoms with Crippen LogP contribution in [0.15, 0.2) is 126 Å². The fourth-order valence-electron chi connectivity index (χ4n) is 6.72. The van der Waals surface area contributed by atoms with E-state index in [1.54, 1.807) is 6.07 Å². The van der Waals surface area contributed by atoms with E-state index in [4.69, 9.17) is 4.42 Å². The molecule has 0 aliphatic heterocycles. The fourth-order valence-corrected chi connectivity index (χ4v) is 6.72. The lowest BCUT2D eigenvalue weighted by Gasteiger charge is -2.10. The summed E-state index contributed by atoms with van der Waals surface area (Å²) in [5.74, 6) is 0. The lowest BCUT2D eigenvalue weighted by atomic mass is 10.1. The molecule has 196 valence electrons. The Bertz CT molecular complexity index is 2600. The monoisotopic (exact) mass is 537 g/mol. The molecule has 0 atom stereocenters. The number of benzene rings is 6. The predicted octanol–water partition coefficient (Wildman–Crippen LogP) is 9.96. The highest BCUT2D eigenvalue weighted by molar-refractivity contribution is 6.13. The van der Waals surface area contributed by atoms with Gasteiger partial charge in [0.15, 0.2) is 0 Å². The quantitative estimate of drug-likeness (QED) is 0.220. The first kappa shape index (κ1) is 23.0. The van der Waals surface area contributed by atoms with E-state index in [1.807, 2.05) is 18.2 Å². The van der Waals surface area contributed by atoms with Crippen LogP contribution in [-0.4, -0.2) is 9.13 Å². The zero-order chi connectivity index (χ0) is 27.9. The summed E-state index contributed by atoms with van der Waals surface area (Å²) in [6.45, 7) is 2.15. The number of para-hydroxylation sites is 2. The molecule has 0 aliphatic rings. The smallest absolute Gasteiger partial charge is 0.135 e. The van der Waals surface area contributed by atoms with Crippen LogP contribution in [0.3, 0.4) is 0 Å². The van der Waals surface area contributed by atoms with E-state index in [1.165, 1.54) is 38.1 Å². The van der Waals surface area contributed by atoms with Crippen LogP contribution in [-0.2, 0) is 0 Å². The summed E-state index contributed by atoms with van der Waals surface area (Å²) in [6.07, 6.45) is 0. The van der Waals surface area contributed by atoms with Crippen LogP contribution in [0, 0.1) is 18.3 Å². The van der Waals surface area contributed by atoms with E-state index in [9.17, 15) is 5.26 Å². The van der Waals surface area contributed by atoms with Crippen molar-refractivity contribution >= 4 is 65.6 Å². The summed E-state index contributed by atoms with van der Waals surface area (Å²) in [5, 5.41) is 16.4. The van der Waals surface area contributed by atoms with Crippen molar-refractivity contribution in [2.24, 2.45) is 0 Å². The van der Waals surface area contributed by atoms with Gasteiger partial charge in [-0.05, 0) is 85.8 Å². The highest BCUT2D eigenvalue weighted by Crippen LogP contribution is 2.38. The van der Waals surface area contributed by atoms with Crippen molar-refractivity contribution in [1.82, 2.24) is 9.13 Å². The van der Waals surface area contributed by atoms with Gasteiger partial charge in [0.2, 0.25) is 0 Å². The number of rotatable bonds is 2. The molecule has 0 amide bonds. The van der Waals surface area contributed by atoms with Crippen molar-refractivity contribution in [3.05, 3.63) is 132 Å². The van der Waals surface area contributed by atoms with Crippen LogP contribution in [0.1, 0.15) is 11.1 Å². The molecular weight excluding hydrogens is 514 g/mol. The SMILES string of the molecule is Cc1ccc2c(c1)c1ccccc1n2-c1ccc2c(c1)c1ccccc1n2-c1ccc2oc3ccc(C#N)cc3c2c1. The summed E-state index contributed by atoms with van der Waals surface area (Å²) in [6, 6.07) is 44.9. The van der Waals surface area contributed by atoms with Gasteiger partial charge in [-0.25, -0.2) is 0 Å². The fraction of sp³-hybridized carbons (Fsp3) is 0.0263. The van der Waals surface area contributed by atoms with Gasteiger partial charge in [0.1, 0.15) is 11.2 Å². The van der Waals surface area contributed by atoms with Crippen LogP contribution < -0.4 is 0 Å². The van der Waals surface area contributed by atoms with Gasteiger partial charge in [-0.1, -0.05) is 48.0 Å². The van der Waals surface area contributed by atoms with Gasteiger partial charge in [0.05, 0.1) is 33.7 Å². The van der Waals surface area contributed by atoms with Crippen LogP contribution in [0.25, 0.3) is 76.9 Å². The molecule has 9 rings (SSSR count). The van der Waals surface area contributed by atoms with Gasteiger partial charge in [0, 0.05) is 43.7 Å². The van der Waals surface area contributed by atoms with E-state index in [0.717, 1.165) is 44.3 Å². The summed E-state index contributed by atoms with van der Waals surface area (Å²) >= 11 is 0. The van der Waals surface area contributed by atoms with E-state index in [0.29, 0.717) is 5.56 Å². The molecule has 0 spiro atoms. The van der Waals surface area contributed by atoms with Gasteiger partial charge < -0.3 is 13.6 Å². The van der Waals surface area contributed by atoms with Crippen molar-refractivity contribution < 1.29 is 4.42 Å². The van der Waals surface area contributed by atoms with Gasteiger partial charge in [-0.15, -0.1) is 0 Å². The first-order valence-corrected chi connectivity index (χ1v) is 14.1. The molecule has 3 heterocycles. The molecule has 0 fully saturated rings. The second-order valence-electron chi connectivity index (χ2n) is 11.0. The van der Waals surface area contributed by atoms with Crippen LogP contribution in [0.5, 0.6) is 0 Å². The molecule has 3 aromatic heterocycles. The summed E-state index contributed by atoms with van der Waals surface area (Å²) < 4.78 is 10.8. The zero-order valence-corrected chi connectivity index (χ0v) is 22.8. The molecule has 0 saturated heterocycles. The molecule has 0 saturated carbocycles. The topological polar surface area (TPSA) is 46.8 Å². The molecule has 42 heavy (non-hydrogen) atoms. The van der Waals surface area contributed by atoms with Crippen molar-refractivity contribution in [2.45, 2.75) is 6.92 Å². The maximum atomic E-state index is 9.48. The third-order valence-electron chi connectivity index (χ3n) is 8.58. The van der Waals surface area contributed by atoms with Crippen molar-refractivity contribution in [2.75, 3.05) is 0 Å². The molecule has 0 aliphatic carbocycles. The number of aromatic nitrogens is 2. The largest absolute Gasteiger partial charge is 0.456 e. The van der Waals surface area contributed by atoms with Crippen LogP contribution in [0.2, 0.25) is 0 Å².